The van der Waals surface area contributed by atoms with Gasteiger partial charge in [-0.1, -0.05) is 15.9 Å². The lowest BCUT2D eigenvalue weighted by molar-refractivity contribution is -0.145. The predicted molar refractivity (Wildman–Crippen MR) is 70.7 cm³/mol. The topological polar surface area (TPSA) is 26.3 Å². The van der Waals surface area contributed by atoms with Crippen LogP contribution in [0.15, 0.2) is 27.6 Å². The van der Waals surface area contributed by atoms with Crippen molar-refractivity contribution in [2.75, 3.05) is 6.61 Å². The first kappa shape index (κ1) is 14.5. The van der Waals surface area contributed by atoms with Crippen LogP contribution >= 0.6 is 27.7 Å². The highest BCUT2D eigenvalue weighted by atomic mass is 79.9. The molecule has 0 unspecified atom stereocenters. The van der Waals surface area contributed by atoms with Gasteiger partial charge in [0.05, 0.1) is 6.61 Å². The monoisotopic (exact) mass is 320 g/mol. The zero-order valence-corrected chi connectivity index (χ0v) is 12.3. The number of hydrogen-bond acceptors (Lipinski definition) is 3. The molecule has 0 fully saturated rings. The summed E-state index contributed by atoms with van der Waals surface area (Å²) in [5, 5.41) is 0. The van der Waals surface area contributed by atoms with Crippen LogP contribution in [0.4, 0.5) is 4.39 Å². The molecule has 1 rings (SSSR count). The fourth-order valence-electron chi connectivity index (χ4n) is 1.18. The molecule has 0 N–H and O–H groups in total. The molecule has 0 spiro atoms. The first-order valence-electron chi connectivity index (χ1n) is 5.18. The highest BCUT2D eigenvalue weighted by Gasteiger charge is 2.31. The van der Waals surface area contributed by atoms with Crippen molar-refractivity contribution >= 4 is 33.7 Å². The van der Waals surface area contributed by atoms with Crippen molar-refractivity contribution in [1.29, 1.82) is 0 Å². The van der Waals surface area contributed by atoms with E-state index >= 15 is 0 Å². The van der Waals surface area contributed by atoms with Crippen LogP contribution in [0.25, 0.3) is 0 Å². The van der Waals surface area contributed by atoms with Crippen molar-refractivity contribution in [3.05, 3.63) is 28.5 Å². The van der Waals surface area contributed by atoms with Crippen molar-refractivity contribution in [3.8, 4) is 0 Å². The molecular formula is C12H14BrFO2S. The quantitative estimate of drug-likeness (QED) is 0.619. The molecule has 0 aromatic heterocycles. The summed E-state index contributed by atoms with van der Waals surface area (Å²) < 4.78 is 18.5. The highest BCUT2D eigenvalue weighted by molar-refractivity contribution is 9.10. The third-order valence-electron chi connectivity index (χ3n) is 2.03. The Kier molecular flexibility index (Phi) is 5.01. The van der Waals surface area contributed by atoms with Gasteiger partial charge in [-0.2, -0.15) is 0 Å². The molecule has 0 amide bonds. The average molecular weight is 321 g/mol. The standard InChI is InChI=1S/C12H14BrFO2S/c1-4-16-11(15)12(2,3)17-10-7-8(13)5-6-9(10)14/h5-7H,4H2,1-3H3. The zero-order valence-electron chi connectivity index (χ0n) is 9.92. The van der Waals surface area contributed by atoms with Crippen LogP contribution in [-0.4, -0.2) is 17.3 Å². The molecule has 2 nitrogen and oxygen atoms in total. The molecule has 5 heteroatoms. The number of rotatable bonds is 4. The maximum absolute atomic E-state index is 13.6. The molecule has 94 valence electrons. The number of ether oxygens (including phenoxy) is 1. The second-order valence-corrected chi connectivity index (χ2v) is 6.49. The molecule has 0 aliphatic rings. The van der Waals surface area contributed by atoms with E-state index < -0.39 is 4.75 Å². The van der Waals surface area contributed by atoms with Gasteiger partial charge in [-0.15, -0.1) is 11.8 Å². The summed E-state index contributed by atoms with van der Waals surface area (Å²) in [6.07, 6.45) is 0. The lowest BCUT2D eigenvalue weighted by atomic mass is 10.2. The lowest BCUT2D eigenvalue weighted by Crippen LogP contribution is -2.30. The minimum Gasteiger partial charge on any atom is -0.465 e. The molecule has 0 aliphatic carbocycles. The molecule has 17 heavy (non-hydrogen) atoms. The van der Waals surface area contributed by atoms with E-state index in [1.165, 1.54) is 6.07 Å². The Balaban J connectivity index is 2.89. The maximum Gasteiger partial charge on any atom is 0.321 e. The fraction of sp³-hybridized carbons (Fsp3) is 0.417. The van der Waals surface area contributed by atoms with E-state index in [0.717, 1.165) is 16.2 Å². The second kappa shape index (κ2) is 5.87. The predicted octanol–water partition coefficient (Wildman–Crippen LogP) is 4.02. The molecular weight excluding hydrogens is 307 g/mol. The summed E-state index contributed by atoms with van der Waals surface area (Å²) in [6, 6.07) is 4.64. The first-order valence-corrected chi connectivity index (χ1v) is 6.79. The number of halogens is 2. The van der Waals surface area contributed by atoms with Gasteiger partial charge in [-0.05, 0) is 39.0 Å². The number of carbonyl (C=O) groups excluding carboxylic acids is 1. The van der Waals surface area contributed by atoms with Gasteiger partial charge in [0.15, 0.2) is 0 Å². The smallest absolute Gasteiger partial charge is 0.321 e. The van der Waals surface area contributed by atoms with Gasteiger partial charge in [0.25, 0.3) is 0 Å². The van der Waals surface area contributed by atoms with Crippen molar-refractivity contribution in [1.82, 2.24) is 0 Å². The number of hydrogen-bond donors (Lipinski definition) is 0. The Hall–Kier alpha value is -0.550. The zero-order chi connectivity index (χ0) is 13.1. The largest absolute Gasteiger partial charge is 0.465 e. The van der Waals surface area contributed by atoms with E-state index in [2.05, 4.69) is 15.9 Å². The Morgan fingerprint density at radius 2 is 2.18 bits per heavy atom. The molecule has 1 aromatic carbocycles. The number of esters is 1. The maximum atomic E-state index is 13.6. The van der Waals surface area contributed by atoms with Gasteiger partial charge < -0.3 is 4.74 Å². The summed E-state index contributed by atoms with van der Waals surface area (Å²) in [4.78, 5) is 12.1. The summed E-state index contributed by atoms with van der Waals surface area (Å²) >= 11 is 4.43. The average Bonchev–Trinajstić information content (AvgIpc) is 2.23. The molecule has 1 aromatic rings. The van der Waals surface area contributed by atoms with Crippen LogP contribution in [0.1, 0.15) is 20.8 Å². The fourth-order valence-corrected chi connectivity index (χ4v) is 2.73. The molecule has 0 saturated carbocycles. The van der Waals surface area contributed by atoms with Crippen LogP contribution in [0, 0.1) is 5.82 Å². The van der Waals surface area contributed by atoms with E-state index in [1.54, 1.807) is 32.9 Å². The van der Waals surface area contributed by atoms with Crippen molar-refractivity contribution in [2.45, 2.75) is 30.4 Å². The van der Waals surface area contributed by atoms with E-state index in [-0.39, 0.29) is 11.8 Å². The van der Waals surface area contributed by atoms with E-state index in [9.17, 15) is 9.18 Å². The first-order chi connectivity index (χ1) is 7.86. The molecule has 0 radical (unpaired) electrons. The van der Waals surface area contributed by atoms with E-state index in [0.29, 0.717) is 11.5 Å². The van der Waals surface area contributed by atoms with Gasteiger partial charge >= 0.3 is 5.97 Å². The van der Waals surface area contributed by atoms with Crippen LogP contribution in [0.5, 0.6) is 0 Å². The Morgan fingerprint density at radius 1 is 1.53 bits per heavy atom. The van der Waals surface area contributed by atoms with Crippen LogP contribution < -0.4 is 0 Å². The molecule has 0 saturated heterocycles. The minimum atomic E-state index is -0.808. The van der Waals surface area contributed by atoms with Gasteiger partial charge in [-0.25, -0.2) is 4.39 Å². The van der Waals surface area contributed by atoms with Crippen LogP contribution in [0.2, 0.25) is 0 Å². The van der Waals surface area contributed by atoms with Crippen LogP contribution in [-0.2, 0) is 9.53 Å². The number of thioether (sulfide) groups is 1. The molecule has 0 atom stereocenters. The van der Waals surface area contributed by atoms with E-state index in [4.69, 9.17) is 4.74 Å². The minimum absolute atomic E-state index is 0.323. The Labute approximate surface area is 113 Å². The third-order valence-corrected chi connectivity index (χ3v) is 3.73. The normalized spacial score (nSPS) is 11.4. The Morgan fingerprint density at radius 3 is 2.76 bits per heavy atom. The third kappa shape index (κ3) is 4.00. The van der Waals surface area contributed by atoms with Gasteiger partial charge in [0.1, 0.15) is 10.6 Å². The lowest BCUT2D eigenvalue weighted by Gasteiger charge is -2.21. The molecule has 0 heterocycles. The number of carbonyl (C=O) groups is 1. The van der Waals surface area contributed by atoms with Crippen LogP contribution in [0.3, 0.4) is 0 Å². The van der Waals surface area contributed by atoms with Crippen molar-refractivity contribution in [2.24, 2.45) is 0 Å². The summed E-state index contributed by atoms with van der Waals surface area (Å²) in [7, 11) is 0. The summed E-state index contributed by atoms with van der Waals surface area (Å²) in [5.41, 5.74) is 0. The molecule has 0 bridgehead atoms. The summed E-state index contributed by atoms with van der Waals surface area (Å²) in [5.74, 6) is -0.681. The second-order valence-electron chi connectivity index (χ2n) is 3.91. The molecule has 0 aliphatic heterocycles. The van der Waals surface area contributed by atoms with Gasteiger partial charge in [0.2, 0.25) is 0 Å². The van der Waals surface area contributed by atoms with Gasteiger partial charge in [0, 0.05) is 9.37 Å². The SMILES string of the molecule is CCOC(=O)C(C)(C)Sc1cc(Br)ccc1F. The highest BCUT2D eigenvalue weighted by Crippen LogP contribution is 2.36. The Bertz CT molecular complexity index is 421. The van der Waals surface area contributed by atoms with Crippen molar-refractivity contribution in [3.63, 3.8) is 0 Å². The van der Waals surface area contributed by atoms with Crippen molar-refractivity contribution < 1.29 is 13.9 Å². The van der Waals surface area contributed by atoms with E-state index in [1.807, 2.05) is 0 Å². The summed E-state index contributed by atoms with van der Waals surface area (Å²) in [6.45, 7) is 5.51. The number of benzene rings is 1. The van der Waals surface area contributed by atoms with Gasteiger partial charge in [-0.3, -0.25) is 4.79 Å².